The van der Waals surface area contributed by atoms with E-state index in [4.69, 9.17) is 0 Å². The number of hydrogen-bond donors (Lipinski definition) is 1. The second kappa shape index (κ2) is 9.14. The molecule has 0 saturated heterocycles. The van der Waals surface area contributed by atoms with Crippen LogP contribution in [-0.4, -0.2) is 24.1 Å². The topological polar surface area (TPSA) is 49.4 Å². The number of hydrogen-bond acceptors (Lipinski definition) is 4. The number of nitrogens with one attached hydrogen (secondary N) is 1. The van der Waals surface area contributed by atoms with Crippen LogP contribution in [0, 0.1) is 5.92 Å². The highest BCUT2D eigenvalue weighted by molar-refractivity contribution is 7.99. The van der Waals surface area contributed by atoms with Crippen molar-refractivity contribution in [3.63, 3.8) is 0 Å². The van der Waals surface area contributed by atoms with E-state index in [2.05, 4.69) is 22.8 Å². The maximum atomic E-state index is 12.8. The highest BCUT2D eigenvalue weighted by Crippen LogP contribution is 2.37. The number of fused-ring (bicyclic) bond motifs is 1. The first-order chi connectivity index (χ1) is 13.7. The second-order valence-corrected chi connectivity index (χ2v) is 9.58. The van der Waals surface area contributed by atoms with Crippen molar-refractivity contribution in [2.24, 2.45) is 5.92 Å². The summed E-state index contributed by atoms with van der Waals surface area (Å²) in [5.41, 5.74) is 0.978. The van der Waals surface area contributed by atoms with Crippen LogP contribution in [0.15, 0.2) is 46.7 Å². The molecule has 1 aromatic carbocycles. The van der Waals surface area contributed by atoms with Crippen LogP contribution in [0.4, 0.5) is 5.69 Å². The smallest absolute Gasteiger partial charge is 0.227 e. The van der Waals surface area contributed by atoms with Gasteiger partial charge in [0, 0.05) is 34.9 Å². The van der Waals surface area contributed by atoms with Crippen molar-refractivity contribution in [2.45, 2.75) is 49.5 Å². The first-order valence-corrected chi connectivity index (χ1v) is 11.9. The Hall–Kier alpha value is -1.79. The summed E-state index contributed by atoms with van der Waals surface area (Å²) in [4.78, 5) is 29.6. The Morgan fingerprint density at radius 1 is 1.11 bits per heavy atom. The highest BCUT2D eigenvalue weighted by atomic mass is 32.2. The predicted molar refractivity (Wildman–Crippen MR) is 116 cm³/mol. The highest BCUT2D eigenvalue weighted by Gasteiger charge is 2.29. The van der Waals surface area contributed by atoms with E-state index < -0.39 is 0 Å². The van der Waals surface area contributed by atoms with E-state index in [-0.39, 0.29) is 30.7 Å². The fourth-order valence-electron chi connectivity index (χ4n) is 4.21. The largest absolute Gasteiger partial charge is 0.348 e. The molecule has 2 amide bonds. The fraction of sp³-hybridized carbons (Fsp3) is 0.455. The number of benzene rings is 1. The van der Waals surface area contributed by atoms with Gasteiger partial charge in [0.2, 0.25) is 11.8 Å². The van der Waals surface area contributed by atoms with Crippen LogP contribution in [0.2, 0.25) is 0 Å². The van der Waals surface area contributed by atoms with Crippen molar-refractivity contribution < 1.29 is 9.59 Å². The first-order valence-electron chi connectivity index (χ1n) is 10.1. The van der Waals surface area contributed by atoms with Gasteiger partial charge in [-0.1, -0.05) is 31.0 Å². The maximum Gasteiger partial charge on any atom is 0.227 e. The van der Waals surface area contributed by atoms with Crippen LogP contribution in [0.25, 0.3) is 0 Å². The van der Waals surface area contributed by atoms with E-state index >= 15 is 0 Å². The van der Waals surface area contributed by atoms with Crippen LogP contribution in [0.3, 0.4) is 0 Å². The van der Waals surface area contributed by atoms with E-state index in [1.165, 1.54) is 30.6 Å². The number of nitrogens with zero attached hydrogens (tertiary/aromatic N) is 1. The molecule has 28 heavy (non-hydrogen) atoms. The van der Waals surface area contributed by atoms with Gasteiger partial charge in [0.05, 0.1) is 11.7 Å². The van der Waals surface area contributed by atoms with Gasteiger partial charge in [-0.2, -0.15) is 0 Å². The molecule has 1 saturated carbocycles. The summed E-state index contributed by atoms with van der Waals surface area (Å²) in [5.74, 6) is 1.44. The number of carbonyl (C=O) groups excluding carboxylic acids is 2. The normalized spacial score (nSPS) is 17.9. The van der Waals surface area contributed by atoms with Gasteiger partial charge in [-0.15, -0.1) is 23.1 Å². The summed E-state index contributed by atoms with van der Waals surface area (Å²) >= 11 is 3.49. The molecule has 2 aromatic rings. The number of amides is 2. The molecule has 0 radical (unpaired) electrons. The molecule has 4 nitrogen and oxygen atoms in total. The van der Waals surface area contributed by atoms with Gasteiger partial charge in [0.15, 0.2) is 0 Å². The fourth-order valence-corrected chi connectivity index (χ4v) is 6.07. The van der Waals surface area contributed by atoms with E-state index in [9.17, 15) is 9.59 Å². The standard InChI is InChI=1S/C22H26N2O2S2/c25-20(23-22(16-6-1-2-7-16)19-10-5-14-27-19)11-12-21(26)24-13-15-28-18-9-4-3-8-17(18)24/h3-5,8-10,14,16,22H,1-2,6-7,11-13,15H2,(H,23,25). The quantitative estimate of drug-likeness (QED) is 0.722. The van der Waals surface area contributed by atoms with Gasteiger partial charge < -0.3 is 10.2 Å². The Morgan fingerprint density at radius 3 is 2.71 bits per heavy atom. The molecule has 148 valence electrons. The molecule has 1 aliphatic carbocycles. The molecule has 4 rings (SSSR count). The molecular formula is C22H26N2O2S2. The van der Waals surface area contributed by atoms with Crippen LogP contribution in [-0.2, 0) is 9.59 Å². The lowest BCUT2D eigenvalue weighted by Crippen LogP contribution is -2.37. The molecule has 6 heteroatoms. The molecule has 2 heterocycles. The zero-order valence-electron chi connectivity index (χ0n) is 15.9. The van der Waals surface area contributed by atoms with Crippen molar-refractivity contribution >= 4 is 40.6 Å². The van der Waals surface area contributed by atoms with Crippen LogP contribution < -0.4 is 10.2 Å². The molecule has 1 N–H and O–H groups in total. The number of anilines is 1. The van der Waals surface area contributed by atoms with Crippen LogP contribution in [0.5, 0.6) is 0 Å². The third-order valence-electron chi connectivity index (χ3n) is 5.63. The minimum absolute atomic E-state index is 0.0154. The molecule has 1 fully saturated rings. The number of thioether (sulfide) groups is 1. The summed E-state index contributed by atoms with van der Waals surface area (Å²) < 4.78 is 0. The first kappa shape index (κ1) is 19.5. The molecule has 1 aliphatic heterocycles. The lowest BCUT2D eigenvalue weighted by Gasteiger charge is -2.29. The SMILES string of the molecule is O=C(CCC(=O)N1CCSc2ccccc21)NC(c1cccs1)C1CCCC1. The molecule has 0 bridgehead atoms. The molecular weight excluding hydrogens is 388 g/mol. The van der Waals surface area contributed by atoms with Gasteiger partial charge >= 0.3 is 0 Å². The summed E-state index contributed by atoms with van der Waals surface area (Å²) in [7, 11) is 0. The Labute approximate surface area is 174 Å². The molecule has 1 unspecified atom stereocenters. The van der Waals surface area contributed by atoms with E-state index in [1.54, 1.807) is 23.1 Å². The second-order valence-electron chi connectivity index (χ2n) is 7.47. The number of carbonyl (C=O) groups is 2. The van der Waals surface area contributed by atoms with E-state index in [1.807, 2.05) is 29.2 Å². The van der Waals surface area contributed by atoms with E-state index in [0.717, 1.165) is 16.3 Å². The Morgan fingerprint density at radius 2 is 1.93 bits per heavy atom. The minimum Gasteiger partial charge on any atom is -0.348 e. The average molecular weight is 415 g/mol. The van der Waals surface area contributed by atoms with Crippen molar-refractivity contribution in [1.29, 1.82) is 0 Å². The van der Waals surface area contributed by atoms with Crippen molar-refractivity contribution in [3.8, 4) is 0 Å². The summed E-state index contributed by atoms with van der Waals surface area (Å²) in [5, 5.41) is 5.30. The van der Waals surface area contributed by atoms with E-state index in [0.29, 0.717) is 12.5 Å². The Kier molecular flexibility index (Phi) is 6.37. The Balaban J connectivity index is 1.35. The van der Waals surface area contributed by atoms with Crippen molar-refractivity contribution in [3.05, 3.63) is 46.7 Å². The predicted octanol–water partition coefficient (Wildman–Crippen LogP) is 5.01. The van der Waals surface area contributed by atoms with Gasteiger partial charge in [-0.25, -0.2) is 0 Å². The number of thiophene rings is 1. The molecule has 2 aliphatic rings. The third-order valence-corrected chi connectivity index (χ3v) is 7.63. The zero-order valence-corrected chi connectivity index (χ0v) is 17.6. The lowest BCUT2D eigenvalue weighted by atomic mass is 9.96. The van der Waals surface area contributed by atoms with Crippen molar-refractivity contribution in [1.82, 2.24) is 5.32 Å². The maximum absolute atomic E-state index is 12.8. The average Bonchev–Trinajstić information content (AvgIpc) is 3.44. The zero-order chi connectivity index (χ0) is 19.3. The van der Waals surface area contributed by atoms with Gasteiger partial charge in [0.1, 0.15) is 0 Å². The number of rotatable bonds is 6. The van der Waals surface area contributed by atoms with Crippen LogP contribution >= 0.6 is 23.1 Å². The third kappa shape index (κ3) is 4.44. The molecule has 1 aromatic heterocycles. The Bertz CT molecular complexity index is 816. The van der Waals surface area contributed by atoms with Gasteiger partial charge in [-0.05, 0) is 42.3 Å². The van der Waals surface area contributed by atoms with Crippen molar-refractivity contribution in [2.75, 3.05) is 17.2 Å². The molecule has 1 atom stereocenters. The number of para-hydroxylation sites is 1. The van der Waals surface area contributed by atoms with Gasteiger partial charge in [0.25, 0.3) is 0 Å². The summed E-state index contributed by atoms with van der Waals surface area (Å²) in [6.45, 7) is 0.710. The minimum atomic E-state index is -0.0154. The van der Waals surface area contributed by atoms with Gasteiger partial charge in [-0.3, -0.25) is 9.59 Å². The summed E-state index contributed by atoms with van der Waals surface area (Å²) in [6, 6.07) is 12.3. The lowest BCUT2D eigenvalue weighted by molar-refractivity contribution is -0.126. The van der Waals surface area contributed by atoms with Crippen LogP contribution in [0.1, 0.15) is 49.4 Å². The summed E-state index contributed by atoms with van der Waals surface area (Å²) in [6.07, 6.45) is 5.33. The monoisotopic (exact) mass is 414 g/mol. The molecule has 0 spiro atoms.